The predicted molar refractivity (Wildman–Crippen MR) is 148 cm³/mol. The van der Waals surface area contributed by atoms with Crippen LogP contribution < -0.4 is 4.74 Å². The monoisotopic (exact) mass is 513 g/mol. The summed E-state index contributed by atoms with van der Waals surface area (Å²) < 4.78 is 11.1. The summed E-state index contributed by atoms with van der Waals surface area (Å²) in [7, 11) is 1.55. The van der Waals surface area contributed by atoms with Crippen molar-refractivity contribution in [1.82, 2.24) is 4.90 Å². The van der Waals surface area contributed by atoms with Gasteiger partial charge in [0.05, 0.1) is 18.2 Å². The minimum Gasteiger partial charge on any atom is -0.507 e. The van der Waals surface area contributed by atoms with Gasteiger partial charge < -0.3 is 19.5 Å². The first-order valence-electron chi connectivity index (χ1n) is 12.8. The molecule has 0 saturated carbocycles. The Labute approximate surface area is 224 Å². The number of likely N-dealkylation sites (tertiary alicyclic amines) is 1. The summed E-state index contributed by atoms with van der Waals surface area (Å²) in [6, 6.07) is 22.3. The van der Waals surface area contributed by atoms with E-state index < -0.39 is 17.7 Å². The Morgan fingerprint density at radius 2 is 1.66 bits per heavy atom. The van der Waals surface area contributed by atoms with Gasteiger partial charge >= 0.3 is 0 Å². The van der Waals surface area contributed by atoms with Crippen molar-refractivity contribution in [3.05, 3.63) is 106 Å². The average molecular weight is 514 g/mol. The van der Waals surface area contributed by atoms with E-state index >= 15 is 0 Å². The van der Waals surface area contributed by atoms with Crippen LogP contribution in [0.5, 0.6) is 5.75 Å². The Kier molecular flexibility index (Phi) is 8.02. The van der Waals surface area contributed by atoms with E-state index in [4.69, 9.17) is 9.47 Å². The molecular formula is C32H35NO5. The molecule has 1 aliphatic heterocycles. The van der Waals surface area contributed by atoms with E-state index in [2.05, 4.69) is 20.8 Å². The zero-order valence-electron chi connectivity index (χ0n) is 22.7. The Hall–Kier alpha value is -3.90. The minimum atomic E-state index is -0.715. The van der Waals surface area contributed by atoms with E-state index in [0.717, 1.165) is 22.3 Å². The van der Waals surface area contributed by atoms with Crippen LogP contribution in [0.3, 0.4) is 0 Å². The fourth-order valence-corrected chi connectivity index (χ4v) is 4.69. The number of hydrogen-bond acceptors (Lipinski definition) is 5. The molecule has 1 N–H and O–H groups in total. The number of rotatable bonds is 8. The van der Waals surface area contributed by atoms with Gasteiger partial charge in [-0.25, -0.2) is 0 Å². The smallest absolute Gasteiger partial charge is 0.295 e. The molecule has 0 spiro atoms. The number of ether oxygens (including phenoxy) is 2. The number of hydrogen-bond donors (Lipinski definition) is 1. The molecular weight excluding hydrogens is 478 g/mol. The molecule has 4 rings (SSSR count). The number of aliphatic hydroxyl groups excluding tert-OH is 1. The lowest BCUT2D eigenvalue weighted by Gasteiger charge is -2.26. The number of ketones is 1. The molecule has 1 heterocycles. The number of benzene rings is 3. The molecule has 0 radical (unpaired) electrons. The fraction of sp³-hybridized carbons (Fsp3) is 0.312. The van der Waals surface area contributed by atoms with Gasteiger partial charge in [-0.1, -0.05) is 75.4 Å². The van der Waals surface area contributed by atoms with Gasteiger partial charge in [0.1, 0.15) is 18.1 Å². The largest absolute Gasteiger partial charge is 0.507 e. The standard InChI is InChI=1S/C32H35NO5/c1-21-19-25(38-20-22-9-7-6-8-10-22)15-16-26(21)29(34)27-28(33(17-18-37-5)31(36)30(27)35)23-11-13-24(14-12-23)32(2,3)4/h6-16,19,28,34H,17-18,20H2,1-5H3/b29-27+/t28-/m0/s1. The second kappa shape index (κ2) is 11.2. The minimum absolute atomic E-state index is 0.0438. The quantitative estimate of drug-likeness (QED) is 0.229. The summed E-state index contributed by atoms with van der Waals surface area (Å²) in [6.45, 7) is 9.15. The highest BCUT2D eigenvalue weighted by molar-refractivity contribution is 6.46. The molecule has 6 heteroatoms. The van der Waals surface area contributed by atoms with Crippen LogP contribution in [0.25, 0.3) is 5.76 Å². The second-order valence-corrected chi connectivity index (χ2v) is 10.6. The van der Waals surface area contributed by atoms with Crippen molar-refractivity contribution in [2.45, 2.75) is 45.8 Å². The first kappa shape index (κ1) is 27.1. The molecule has 1 amide bonds. The third-order valence-corrected chi connectivity index (χ3v) is 6.87. The number of aryl methyl sites for hydroxylation is 1. The lowest BCUT2D eigenvalue weighted by Crippen LogP contribution is -2.32. The van der Waals surface area contributed by atoms with Gasteiger partial charge in [-0.05, 0) is 52.8 Å². The lowest BCUT2D eigenvalue weighted by atomic mass is 9.85. The van der Waals surface area contributed by atoms with Gasteiger partial charge in [0.25, 0.3) is 11.7 Å². The molecule has 198 valence electrons. The Morgan fingerprint density at radius 1 is 0.974 bits per heavy atom. The highest BCUT2D eigenvalue weighted by Crippen LogP contribution is 2.40. The van der Waals surface area contributed by atoms with Crippen LogP contribution >= 0.6 is 0 Å². The van der Waals surface area contributed by atoms with Crippen molar-refractivity contribution in [3.8, 4) is 5.75 Å². The molecule has 0 aliphatic carbocycles. The van der Waals surface area contributed by atoms with Crippen LogP contribution in [0.15, 0.2) is 78.4 Å². The zero-order chi connectivity index (χ0) is 27.4. The molecule has 1 fully saturated rings. The molecule has 0 unspecified atom stereocenters. The molecule has 3 aromatic rings. The summed E-state index contributed by atoms with van der Waals surface area (Å²) in [5.74, 6) is -0.890. The zero-order valence-corrected chi connectivity index (χ0v) is 22.7. The Bertz CT molecular complexity index is 1340. The van der Waals surface area contributed by atoms with Crippen LogP contribution in [0, 0.1) is 6.92 Å². The number of Topliss-reactive ketones (excluding diaryl/α,β-unsaturated/α-hetero) is 1. The average Bonchev–Trinajstić information content (AvgIpc) is 3.15. The van der Waals surface area contributed by atoms with Crippen LogP contribution in [0.2, 0.25) is 0 Å². The maximum absolute atomic E-state index is 13.3. The number of carbonyl (C=O) groups excluding carboxylic acids is 2. The van der Waals surface area contributed by atoms with Crippen LogP contribution in [0.1, 0.15) is 54.6 Å². The molecule has 1 saturated heterocycles. The third-order valence-electron chi connectivity index (χ3n) is 6.87. The van der Waals surface area contributed by atoms with Crippen molar-refractivity contribution < 1.29 is 24.2 Å². The Balaban J connectivity index is 1.71. The summed E-state index contributed by atoms with van der Waals surface area (Å²) >= 11 is 0. The summed E-state index contributed by atoms with van der Waals surface area (Å²) in [5.41, 5.74) is 4.20. The molecule has 1 aliphatic rings. The van der Waals surface area contributed by atoms with Crippen molar-refractivity contribution in [2.75, 3.05) is 20.3 Å². The number of aliphatic hydroxyl groups is 1. The molecule has 3 aromatic carbocycles. The number of amides is 1. The van der Waals surface area contributed by atoms with E-state index in [1.165, 1.54) is 4.90 Å². The summed E-state index contributed by atoms with van der Waals surface area (Å²) in [5, 5.41) is 11.5. The fourth-order valence-electron chi connectivity index (χ4n) is 4.69. The number of carbonyl (C=O) groups is 2. The summed E-state index contributed by atoms with van der Waals surface area (Å²) in [6.07, 6.45) is 0. The molecule has 1 atom stereocenters. The van der Waals surface area contributed by atoms with Crippen LogP contribution in [-0.2, 0) is 26.3 Å². The summed E-state index contributed by atoms with van der Waals surface area (Å²) in [4.78, 5) is 27.8. The van der Waals surface area contributed by atoms with Gasteiger partial charge in [0.2, 0.25) is 0 Å². The van der Waals surface area contributed by atoms with Gasteiger partial charge in [-0.2, -0.15) is 0 Å². The Morgan fingerprint density at radius 3 is 2.26 bits per heavy atom. The lowest BCUT2D eigenvalue weighted by molar-refractivity contribution is -0.140. The van der Waals surface area contributed by atoms with Gasteiger partial charge in [-0.15, -0.1) is 0 Å². The van der Waals surface area contributed by atoms with E-state index in [0.29, 0.717) is 17.9 Å². The molecule has 6 nitrogen and oxygen atoms in total. The van der Waals surface area contributed by atoms with E-state index in [1.807, 2.05) is 67.6 Å². The van der Waals surface area contributed by atoms with Gasteiger partial charge in [0, 0.05) is 19.2 Å². The van der Waals surface area contributed by atoms with Crippen molar-refractivity contribution >= 4 is 17.4 Å². The highest BCUT2D eigenvalue weighted by atomic mass is 16.5. The van der Waals surface area contributed by atoms with Crippen molar-refractivity contribution in [3.63, 3.8) is 0 Å². The number of nitrogens with zero attached hydrogens (tertiary/aromatic N) is 1. The molecule has 0 bridgehead atoms. The van der Waals surface area contributed by atoms with Crippen LogP contribution in [0.4, 0.5) is 0 Å². The first-order chi connectivity index (χ1) is 18.1. The third kappa shape index (κ3) is 5.65. The van der Waals surface area contributed by atoms with Crippen molar-refractivity contribution in [1.29, 1.82) is 0 Å². The van der Waals surface area contributed by atoms with Gasteiger partial charge in [0.15, 0.2) is 0 Å². The number of methoxy groups -OCH3 is 1. The van der Waals surface area contributed by atoms with E-state index in [9.17, 15) is 14.7 Å². The molecule has 38 heavy (non-hydrogen) atoms. The van der Waals surface area contributed by atoms with Gasteiger partial charge in [-0.3, -0.25) is 9.59 Å². The van der Waals surface area contributed by atoms with Crippen LogP contribution in [-0.4, -0.2) is 42.0 Å². The normalized spacial score (nSPS) is 17.2. The van der Waals surface area contributed by atoms with E-state index in [1.54, 1.807) is 19.2 Å². The maximum Gasteiger partial charge on any atom is 0.295 e. The topological polar surface area (TPSA) is 76.1 Å². The first-order valence-corrected chi connectivity index (χ1v) is 12.8. The maximum atomic E-state index is 13.3. The molecule has 0 aromatic heterocycles. The van der Waals surface area contributed by atoms with E-state index in [-0.39, 0.29) is 29.9 Å². The highest BCUT2D eigenvalue weighted by Gasteiger charge is 2.46. The predicted octanol–water partition coefficient (Wildman–Crippen LogP) is 5.94. The van der Waals surface area contributed by atoms with Crippen molar-refractivity contribution in [2.24, 2.45) is 0 Å². The second-order valence-electron chi connectivity index (χ2n) is 10.6. The SMILES string of the molecule is COCCN1C(=O)C(=O)/C(=C(/O)c2ccc(OCc3ccccc3)cc2C)[C@@H]1c1ccc(C(C)(C)C)cc1.